The fraction of sp³-hybridized carbons (Fsp3) is 0.600. The van der Waals surface area contributed by atoms with Crippen LogP contribution in [0.15, 0.2) is 18.2 Å². The molecule has 0 radical (unpaired) electrons. The van der Waals surface area contributed by atoms with Gasteiger partial charge in [-0.25, -0.2) is 0 Å². The highest BCUT2D eigenvalue weighted by Gasteiger charge is 2.43. The third-order valence-electron chi connectivity index (χ3n) is 4.74. The minimum absolute atomic E-state index is 0.171. The molecule has 2 N–H and O–H groups in total. The predicted octanol–water partition coefficient (Wildman–Crippen LogP) is 2.59. The number of piperidine rings is 1. The molecule has 0 spiro atoms. The van der Waals surface area contributed by atoms with Gasteiger partial charge in [-0.05, 0) is 60.4 Å². The van der Waals surface area contributed by atoms with Crippen molar-refractivity contribution in [1.82, 2.24) is 5.32 Å². The first-order valence-corrected chi connectivity index (χ1v) is 6.65. The van der Waals surface area contributed by atoms with Crippen LogP contribution < -0.4 is 5.32 Å². The first-order valence-electron chi connectivity index (χ1n) is 6.65. The number of aromatic hydroxyl groups is 1. The van der Waals surface area contributed by atoms with Crippen LogP contribution in [0.25, 0.3) is 0 Å². The standard InChI is InChI=1S/C15H21NO/c1-15(2)12-4-3-7-16-14(12)8-10-5-6-11(17)9-13(10)15/h5-6,9,12,14,16-17H,3-4,7-8H2,1-2H3/t12-,14+/m1/s1. The van der Waals surface area contributed by atoms with Gasteiger partial charge in [0.2, 0.25) is 0 Å². The molecule has 1 heterocycles. The van der Waals surface area contributed by atoms with Gasteiger partial charge in [-0.15, -0.1) is 0 Å². The summed E-state index contributed by atoms with van der Waals surface area (Å²) < 4.78 is 0. The lowest BCUT2D eigenvalue weighted by atomic mass is 9.61. The molecule has 92 valence electrons. The summed E-state index contributed by atoms with van der Waals surface area (Å²) in [6.07, 6.45) is 3.70. The van der Waals surface area contributed by atoms with Gasteiger partial charge in [0.1, 0.15) is 5.75 Å². The quantitative estimate of drug-likeness (QED) is 0.719. The predicted molar refractivity (Wildman–Crippen MR) is 69.4 cm³/mol. The van der Waals surface area contributed by atoms with Crippen LogP contribution in [0.4, 0.5) is 0 Å². The second kappa shape index (κ2) is 3.74. The molecule has 0 aromatic heterocycles. The van der Waals surface area contributed by atoms with Crippen molar-refractivity contribution in [2.75, 3.05) is 6.54 Å². The molecule has 1 aliphatic heterocycles. The number of benzene rings is 1. The Hall–Kier alpha value is -1.02. The molecule has 1 saturated heterocycles. The van der Waals surface area contributed by atoms with E-state index in [0.717, 1.165) is 13.0 Å². The van der Waals surface area contributed by atoms with Crippen molar-refractivity contribution < 1.29 is 5.11 Å². The van der Waals surface area contributed by atoms with E-state index in [1.165, 1.54) is 24.0 Å². The van der Waals surface area contributed by atoms with Crippen molar-refractivity contribution >= 4 is 0 Å². The van der Waals surface area contributed by atoms with E-state index in [-0.39, 0.29) is 5.41 Å². The lowest BCUT2D eigenvalue weighted by molar-refractivity contribution is 0.168. The number of fused-ring (bicyclic) bond motifs is 2. The van der Waals surface area contributed by atoms with Crippen molar-refractivity contribution in [3.8, 4) is 5.75 Å². The van der Waals surface area contributed by atoms with Gasteiger partial charge in [-0.1, -0.05) is 19.9 Å². The van der Waals surface area contributed by atoms with Crippen LogP contribution in [-0.2, 0) is 11.8 Å². The Balaban J connectivity index is 2.08. The highest BCUT2D eigenvalue weighted by atomic mass is 16.3. The minimum atomic E-state index is 0.171. The molecule has 0 unspecified atom stereocenters. The van der Waals surface area contributed by atoms with Gasteiger partial charge in [0.15, 0.2) is 0 Å². The van der Waals surface area contributed by atoms with E-state index in [4.69, 9.17) is 0 Å². The van der Waals surface area contributed by atoms with Crippen LogP contribution in [0.2, 0.25) is 0 Å². The summed E-state index contributed by atoms with van der Waals surface area (Å²) in [4.78, 5) is 0. The Morgan fingerprint density at radius 1 is 1.35 bits per heavy atom. The maximum atomic E-state index is 9.70. The summed E-state index contributed by atoms with van der Waals surface area (Å²) in [7, 11) is 0. The van der Waals surface area contributed by atoms with Crippen molar-refractivity contribution in [3.63, 3.8) is 0 Å². The van der Waals surface area contributed by atoms with E-state index in [1.54, 1.807) is 0 Å². The number of hydrogen-bond donors (Lipinski definition) is 2. The highest BCUT2D eigenvalue weighted by molar-refractivity contribution is 5.43. The van der Waals surface area contributed by atoms with E-state index < -0.39 is 0 Å². The minimum Gasteiger partial charge on any atom is -0.508 e. The van der Waals surface area contributed by atoms with Gasteiger partial charge >= 0.3 is 0 Å². The molecule has 17 heavy (non-hydrogen) atoms. The van der Waals surface area contributed by atoms with Crippen molar-refractivity contribution in [2.45, 2.75) is 44.6 Å². The molecule has 1 aromatic carbocycles. The fourth-order valence-electron chi connectivity index (χ4n) is 3.81. The molecule has 2 nitrogen and oxygen atoms in total. The van der Waals surface area contributed by atoms with Crippen molar-refractivity contribution in [2.24, 2.45) is 5.92 Å². The maximum Gasteiger partial charge on any atom is 0.115 e. The number of phenolic OH excluding ortho intramolecular Hbond substituents is 1. The largest absolute Gasteiger partial charge is 0.508 e. The van der Waals surface area contributed by atoms with Gasteiger partial charge in [0, 0.05) is 6.04 Å². The normalized spacial score (nSPS) is 30.5. The first kappa shape index (κ1) is 11.1. The van der Waals surface area contributed by atoms with Crippen LogP contribution in [0, 0.1) is 5.92 Å². The third-order valence-corrected chi connectivity index (χ3v) is 4.74. The average molecular weight is 231 g/mol. The average Bonchev–Trinajstić information content (AvgIpc) is 2.31. The Bertz CT molecular complexity index is 439. The van der Waals surface area contributed by atoms with Crippen LogP contribution >= 0.6 is 0 Å². The summed E-state index contributed by atoms with van der Waals surface area (Å²) in [5.41, 5.74) is 2.93. The number of hydrogen-bond acceptors (Lipinski definition) is 2. The summed E-state index contributed by atoms with van der Waals surface area (Å²) >= 11 is 0. The van der Waals surface area contributed by atoms with Crippen LogP contribution in [0.1, 0.15) is 37.8 Å². The molecule has 1 fully saturated rings. The van der Waals surface area contributed by atoms with E-state index >= 15 is 0 Å². The number of phenols is 1. The topological polar surface area (TPSA) is 32.3 Å². The van der Waals surface area contributed by atoms with Gasteiger partial charge in [-0.2, -0.15) is 0 Å². The Morgan fingerprint density at radius 2 is 2.18 bits per heavy atom. The maximum absolute atomic E-state index is 9.70. The van der Waals surface area contributed by atoms with Gasteiger partial charge in [0.25, 0.3) is 0 Å². The lowest BCUT2D eigenvalue weighted by Crippen LogP contribution is -2.53. The molecule has 3 rings (SSSR count). The van der Waals surface area contributed by atoms with Crippen molar-refractivity contribution in [3.05, 3.63) is 29.3 Å². The Labute approximate surface area is 103 Å². The second-order valence-electron chi connectivity index (χ2n) is 6.08. The smallest absolute Gasteiger partial charge is 0.115 e. The van der Waals surface area contributed by atoms with Crippen LogP contribution in [0.5, 0.6) is 5.75 Å². The SMILES string of the molecule is CC1(C)c2cc(O)ccc2C[C@@H]2NCCC[C@H]21. The van der Waals surface area contributed by atoms with E-state index in [1.807, 2.05) is 12.1 Å². The number of rotatable bonds is 0. The molecule has 2 aliphatic rings. The molecular formula is C15H21NO. The molecule has 1 aromatic rings. The fourth-order valence-corrected chi connectivity index (χ4v) is 3.81. The van der Waals surface area contributed by atoms with Gasteiger partial charge in [-0.3, -0.25) is 0 Å². The Morgan fingerprint density at radius 3 is 3.00 bits per heavy atom. The lowest BCUT2D eigenvalue weighted by Gasteiger charge is -2.48. The summed E-state index contributed by atoms with van der Waals surface area (Å²) in [6, 6.07) is 6.51. The molecule has 2 atom stereocenters. The zero-order valence-corrected chi connectivity index (χ0v) is 10.7. The molecule has 0 bridgehead atoms. The Kier molecular flexibility index (Phi) is 2.44. The molecule has 2 heteroatoms. The third kappa shape index (κ3) is 1.66. The first-order chi connectivity index (χ1) is 8.09. The highest BCUT2D eigenvalue weighted by Crippen LogP contribution is 2.45. The summed E-state index contributed by atoms with van der Waals surface area (Å²) in [5.74, 6) is 1.10. The second-order valence-corrected chi connectivity index (χ2v) is 6.08. The summed E-state index contributed by atoms with van der Waals surface area (Å²) in [5, 5.41) is 13.4. The van der Waals surface area contributed by atoms with E-state index in [2.05, 4.69) is 25.2 Å². The summed E-state index contributed by atoms with van der Waals surface area (Å²) in [6.45, 7) is 5.81. The molecule has 0 saturated carbocycles. The van der Waals surface area contributed by atoms with Gasteiger partial charge < -0.3 is 10.4 Å². The van der Waals surface area contributed by atoms with E-state index in [0.29, 0.717) is 17.7 Å². The monoisotopic (exact) mass is 231 g/mol. The zero-order valence-electron chi connectivity index (χ0n) is 10.7. The van der Waals surface area contributed by atoms with Crippen LogP contribution in [0.3, 0.4) is 0 Å². The van der Waals surface area contributed by atoms with Crippen molar-refractivity contribution in [1.29, 1.82) is 0 Å². The van der Waals surface area contributed by atoms with Crippen LogP contribution in [-0.4, -0.2) is 17.7 Å². The molecular weight excluding hydrogens is 210 g/mol. The molecule has 1 aliphatic carbocycles. The van der Waals surface area contributed by atoms with E-state index in [9.17, 15) is 5.11 Å². The zero-order chi connectivity index (χ0) is 12.0. The molecule has 0 amide bonds. The van der Waals surface area contributed by atoms with Gasteiger partial charge in [0.05, 0.1) is 0 Å². The number of nitrogens with one attached hydrogen (secondary N) is 1.